The Hall–Kier alpha value is -1.38. The van der Waals surface area contributed by atoms with Gasteiger partial charge in [0, 0.05) is 18.9 Å². The van der Waals surface area contributed by atoms with Gasteiger partial charge in [-0.15, -0.1) is 0 Å². The molecule has 25 heavy (non-hydrogen) atoms. The van der Waals surface area contributed by atoms with Gasteiger partial charge in [-0.05, 0) is 38.2 Å². The van der Waals surface area contributed by atoms with Crippen LogP contribution >= 0.6 is 0 Å². The van der Waals surface area contributed by atoms with Crippen molar-refractivity contribution in [2.75, 3.05) is 11.9 Å². The van der Waals surface area contributed by atoms with Crippen molar-refractivity contribution < 1.29 is 0 Å². The quantitative estimate of drug-likeness (QED) is 0.246. The SMILES string of the molecule is CCCCCCCC/C=C\CCCCCCCCNc1ncccn1. The number of hydrogen-bond acceptors (Lipinski definition) is 3. The molecule has 0 aliphatic rings. The summed E-state index contributed by atoms with van der Waals surface area (Å²) in [6.07, 6.45) is 27.2. The zero-order chi connectivity index (χ0) is 17.8. The molecular formula is C22H39N3. The summed E-state index contributed by atoms with van der Waals surface area (Å²) in [7, 11) is 0. The number of allylic oxidation sites excluding steroid dienone is 2. The number of aromatic nitrogens is 2. The second-order valence-electron chi connectivity index (χ2n) is 6.94. The van der Waals surface area contributed by atoms with Crippen LogP contribution in [0.5, 0.6) is 0 Å². The lowest BCUT2D eigenvalue weighted by atomic mass is 10.1. The molecule has 0 aliphatic heterocycles. The number of rotatable bonds is 17. The summed E-state index contributed by atoms with van der Waals surface area (Å²) in [4.78, 5) is 8.32. The normalized spacial score (nSPS) is 11.2. The van der Waals surface area contributed by atoms with Crippen LogP contribution in [0.15, 0.2) is 30.6 Å². The topological polar surface area (TPSA) is 37.8 Å². The number of unbranched alkanes of at least 4 members (excludes halogenated alkanes) is 12. The van der Waals surface area contributed by atoms with Gasteiger partial charge >= 0.3 is 0 Å². The molecule has 1 aromatic heterocycles. The molecule has 0 saturated heterocycles. The first-order valence-electron chi connectivity index (χ1n) is 10.6. The van der Waals surface area contributed by atoms with Crippen LogP contribution in [0.4, 0.5) is 5.95 Å². The summed E-state index contributed by atoms with van der Waals surface area (Å²) in [5.41, 5.74) is 0. The van der Waals surface area contributed by atoms with E-state index < -0.39 is 0 Å². The smallest absolute Gasteiger partial charge is 0.222 e. The monoisotopic (exact) mass is 345 g/mol. The largest absolute Gasteiger partial charge is 0.354 e. The van der Waals surface area contributed by atoms with Gasteiger partial charge in [-0.3, -0.25) is 0 Å². The maximum absolute atomic E-state index is 4.16. The maximum atomic E-state index is 4.16. The zero-order valence-electron chi connectivity index (χ0n) is 16.4. The van der Waals surface area contributed by atoms with Gasteiger partial charge < -0.3 is 5.32 Å². The molecule has 0 radical (unpaired) electrons. The molecule has 1 N–H and O–H groups in total. The van der Waals surface area contributed by atoms with E-state index in [0.29, 0.717) is 0 Å². The fraction of sp³-hybridized carbons (Fsp3) is 0.727. The summed E-state index contributed by atoms with van der Waals surface area (Å²) in [5.74, 6) is 0.746. The van der Waals surface area contributed by atoms with Gasteiger partial charge in [0.1, 0.15) is 0 Å². The standard InChI is InChI=1S/C22H39N3/c1-2-3-4-5-6-7-8-9-10-11-12-13-14-15-16-17-19-23-22-24-20-18-21-25-22/h9-10,18,20-21H,2-8,11-17,19H2,1H3,(H,23,24,25)/b10-9-. The fourth-order valence-corrected chi connectivity index (χ4v) is 2.96. The lowest BCUT2D eigenvalue weighted by molar-refractivity contribution is 0.602. The summed E-state index contributed by atoms with van der Waals surface area (Å²) in [6, 6.07) is 1.84. The molecule has 0 atom stereocenters. The molecule has 0 aromatic carbocycles. The van der Waals surface area contributed by atoms with Crippen molar-refractivity contribution in [2.45, 2.75) is 96.8 Å². The Labute approximate surface area is 155 Å². The van der Waals surface area contributed by atoms with Crippen LogP contribution in [0.2, 0.25) is 0 Å². The lowest BCUT2D eigenvalue weighted by Gasteiger charge is -2.04. The van der Waals surface area contributed by atoms with Crippen molar-refractivity contribution in [1.29, 1.82) is 0 Å². The van der Waals surface area contributed by atoms with Crippen LogP contribution in [0.3, 0.4) is 0 Å². The van der Waals surface area contributed by atoms with Crippen LogP contribution < -0.4 is 5.32 Å². The van der Waals surface area contributed by atoms with Crippen LogP contribution in [0.1, 0.15) is 96.8 Å². The third-order valence-corrected chi connectivity index (χ3v) is 4.54. The van der Waals surface area contributed by atoms with Gasteiger partial charge in [0.15, 0.2) is 0 Å². The Kier molecular flexibility index (Phi) is 15.1. The van der Waals surface area contributed by atoms with E-state index in [4.69, 9.17) is 0 Å². The molecular weight excluding hydrogens is 306 g/mol. The molecule has 0 aliphatic carbocycles. The van der Waals surface area contributed by atoms with E-state index in [9.17, 15) is 0 Å². The number of nitrogens with one attached hydrogen (secondary N) is 1. The Balaban J connectivity index is 1.75. The highest BCUT2D eigenvalue weighted by molar-refractivity contribution is 5.21. The summed E-state index contributed by atoms with van der Waals surface area (Å²) >= 11 is 0. The Bertz CT molecular complexity index is 403. The first-order chi connectivity index (χ1) is 12.4. The first-order valence-corrected chi connectivity index (χ1v) is 10.6. The molecule has 0 bridgehead atoms. The predicted molar refractivity (Wildman–Crippen MR) is 110 cm³/mol. The number of nitrogens with zero attached hydrogens (tertiary/aromatic N) is 2. The molecule has 1 aromatic rings. The highest BCUT2D eigenvalue weighted by Gasteiger charge is 1.94. The van der Waals surface area contributed by atoms with Crippen molar-refractivity contribution in [3.05, 3.63) is 30.6 Å². The third-order valence-electron chi connectivity index (χ3n) is 4.54. The Morgan fingerprint density at radius 2 is 1.24 bits per heavy atom. The summed E-state index contributed by atoms with van der Waals surface area (Å²) in [5, 5.41) is 3.26. The van der Waals surface area contributed by atoms with Crippen LogP contribution in [0, 0.1) is 0 Å². The minimum atomic E-state index is 0.746. The minimum Gasteiger partial charge on any atom is -0.354 e. The van der Waals surface area contributed by atoms with Crippen molar-refractivity contribution in [3.8, 4) is 0 Å². The average molecular weight is 346 g/mol. The predicted octanol–water partition coefficient (Wildman–Crippen LogP) is 6.93. The summed E-state index contributed by atoms with van der Waals surface area (Å²) in [6.45, 7) is 3.26. The zero-order valence-corrected chi connectivity index (χ0v) is 16.4. The second-order valence-corrected chi connectivity index (χ2v) is 6.94. The Morgan fingerprint density at radius 1 is 0.720 bits per heavy atom. The maximum Gasteiger partial charge on any atom is 0.222 e. The van der Waals surface area contributed by atoms with Gasteiger partial charge in [-0.25, -0.2) is 9.97 Å². The average Bonchev–Trinajstić information content (AvgIpc) is 2.65. The molecule has 0 saturated carbocycles. The Morgan fingerprint density at radius 3 is 1.84 bits per heavy atom. The first kappa shape index (κ1) is 21.7. The molecule has 0 fully saturated rings. The molecule has 1 heterocycles. The lowest BCUT2D eigenvalue weighted by Crippen LogP contribution is -2.04. The second kappa shape index (κ2) is 17.4. The number of hydrogen-bond donors (Lipinski definition) is 1. The molecule has 1 rings (SSSR count). The minimum absolute atomic E-state index is 0.746. The van der Waals surface area contributed by atoms with Crippen LogP contribution in [0.25, 0.3) is 0 Å². The highest BCUT2D eigenvalue weighted by Crippen LogP contribution is 2.10. The van der Waals surface area contributed by atoms with Gasteiger partial charge in [0.25, 0.3) is 0 Å². The van der Waals surface area contributed by atoms with E-state index in [1.54, 1.807) is 12.4 Å². The molecule has 0 unspecified atom stereocenters. The van der Waals surface area contributed by atoms with Gasteiger partial charge in [-0.2, -0.15) is 0 Å². The van der Waals surface area contributed by atoms with Crippen LogP contribution in [-0.4, -0.2) is 16.5 Å². The molecule has 142 valence electrons. The highest BCUT2D eigenvalue weighted by atomic mass is 15.1. The third kappa shape index (κ3) is 14.7. The van der Waals surface area contributed by atoms with Crippen molar-refractivity contribution in [1.82, 2.24) is 9.97 Å². The molecule has 0 spiro atoms. The van der Waals surface area contributed by atoms with E-state index in [0.717, 1.165) is 12.5 Å². The van der Waals surface area contributed by atoms with Gasteiger partial charge in [-0.1, -0.05) is 76.9 Å². The molecule has 3 heteroatoms. The van der Waals surface area contributed by atoms with E-state index in [1.807, 2.05) is 6.07 Å². The molecule has 3 nitrogen and oxygen atoms in total. The van der Waals surface area contributed by atoms with Crippen molar-refractivity contribution in [2.24, 2.45) is 0 Å². The van der Waals surface area contributed by atoms with Crippen molar-refractivity contribution in [3.63, 3.8) is 0 Å². The van der Waals surface area contributed by atoms with Crippen LogP contribution in [-0.2, 0) is 0 Å². The summed E-state index contributed by atoms with van der Waals surface area (Å²) < 4.78 is 0. The van der Waals surface area contributed by atoms with E-state index >= 15 is 0 Å². The number of anilines is 1. The van der Waals surface area contributed by atoms with Crippen molar-refractivity contribution >= 4 is 5.95 Å². The van der Waals surface area contributed by atoms with E-state index in [-0.39, 0.29) is 0 Å². The van der Waals surface area contributed by atoms with Gasteiger partial charge in [0.05, 0.1) is 0 Å². The molecule has 0 amide bonds. The fourth-order valence-electron chi connectivity index (χ4n) is 2.96. The van der Waals surface area contributed by atoms with E-state index in [1.165, 1.54) is 89.9 Å². The van der Waals surface area contributed by atoms with Gasteiger partial charge in [0.2, 0.25) is 5.95 Å². The van der Waals surface area contributed by atoms with E-state index in [2.05, 4.69) is 34.4 Å².